The van der Waals surface area contributed by atoms with Crippen LogP contribution >= 0.6 is 0 Å². The summed E-state index contributed by atoms with van der Waals surface area (Å²) in [5.41, 5.74) is 0.908. The van der Waals surface area contributed by atoms with Crippen LogP contribution in [0.2, 0.25) is 0 Å². The predicted molar refractivity (Wildman–Crippen MR) is 91.5 cm³/mol. The van der Waals surface area contributed by atoms with Gasteiger partial charge < -0.3 is 19.7 Å². The number of fused-ring (bicyclic) bond motifs is 1. The highest BCUT2D eigenvalue weighted by atomic mass is 19.1. The molecule has 2 aliphatic heterocycles. The Hall–Kier alpha value is -2.83. The lowest BCUT2D eigenvalue weighted by atomic mass is 10.0. The molecule has 1 N–H and O–H groups in total. The fraction of sp³-hybridized carbons (Fsp3) is 0.316. The van der Waals surface area contributed by atoms with Crippen molar-refractivity contribution in [3.8, 4) is 11.5 Å². The third-order valence-electron chi connectivity index (χ3n) is 4.64. The van der Waals surface area contributed by atoms with Gasteiger partial charge in [-0.3, -0.25) is 0 Å². The fourth-order valence-electron chi connectivity index (χ4n) is 3.40. The highest BCUT2D eigenvalue weighted by Gasteiger charge is 2.31. The number of carbonyl (C=O) groups excluding carboxylic acids is 1. The van der Waals surface area contributed by atoms with E-state index in [0.29, 0.717) is 31.3 Å². The molecular weight excluding hydrogens is 342 g/mol. The van der Waals surface area contributed by atoms with E-state index in [1.54, 1.807) is 4.90 Å². The molecule has 1 atom stereocenters. The van der Waals surface area contributed by atoms with E-state index in [1.165, 1.54) is 6.07 Å². The molecule has 0 saturated carbocycles. The SMILES string of the molecule is O=C(Nc1ccc(F)cc1F)N1CCC[C@@H]1c1ccc2c(c1)OCCO2. The van der Waals surface area contributed by atoms with Gasteiger partial charge in [0, 0.05) is 12.6 Å². The van der Waals surface area contributed by atoms with Crippen LogP contribution in [0, 0.1) is 11.6 Å². The minimum absolute atomic E-state index is 0.0378. The van der Waals surface area contributed by atoms with Gasteiger partial charge >= 0.3 is 6.03 Å². The Morgan fingerprint density at radius 3 is 2.69 bits per heavy atom. The lowest BCUT2D eigenvalue weighted by Crippen LogP contribution is -2.34. The van der Waals surface area contributed by atoms with Crippen molar-refractivity contribution in [1.82, 2.24) is 4.90 Å². The van der Waals surface area contributed by atoms with Gasteiger partial charge in [0.1, 0.15) is 24.8 Å². The van der Waals surface area contributed by atoms with Crippen molar-refractivity contribution in [3.05, 3.63) is 53.6 Å². The van der Waals surface area contributed by atoms with E-state index in [1.807, 2.05) is 18.2 Å². The van der Waals surface area contributed by atoms with Crippen LogP contribution in [-0.4, -0.2) is 30.7 Å². The number of likely N-dealkylation sites (tertiary alicyclic amines) is 1. The number of hydrogen-bond donors (Lipinski definition) is 1. The van der Waals surface area contributed by atoms with E-state index < -0.39 is 17.7 Å². The van der Waals surface area contributed by atoms with Gasteiger partial charge in [0.2, 0.25) is 0 Å². The Labute approximate surface area is 149 Å². The smallest absolute Gasteiger partial charge is 0.322 e. The van der Waals surface area contributed by atoms with Crippen LogP contribution in [0.15, 0.2) is 36.4 Å². The molecule has 0 radical (unpaired) electrons. The molecule has 0 unspecified atom stereocenters. The van der Waals surface area contributed by atoms with Crippen LogP contribution in [-0.2, 0) is 0 Å². The van der Waals surface area contributed by atoms with Crippen LogP contribution in [0.4, 0.5) is 19.3 Å². The number of carbonyl (C=O) groups is 1. The zero-order chi connectivity index (χ0) is 18.1. The van der Waals surface area contributed by atoms with Crippen molar-refractivity contribution in [3.63, 3.8) is 0 Å². The zero-order valence-corrected chi connectivity index (χ0v) is 14.0. The summed E-state index contributed by atoms with van der Waals surface area (Å²) in [5.74, 6) is -0.114. The van der Waals surface area contributed by atoms with Crippen molar-refractivity contribution in [1.29, 1.82) is 0 Å². The first-order valence-corrected chi connectivity index (χ1v) is 8.54. The molecule has 2 aliphatic rings. The number of nitrogens with zero attached hydrogens (tertiary/aromatic N) is 1. The van der Waals surface area contributed by atoms with E-state index in [4.69, 9.17) is 9.47 Å². The molecule has 0 aromatic heterocycles. The monoisotopic (exact) mass is 360 g/mol. The first-order chi connectivity index (χ1) is 12.6. The molecule has 136 valence electrons. The number of benzene rings is 2. The summed E-state index contributed by atoms with van der Waals surface area (Å²) in [7, 11) is 0. The Morgan fingerprint density at radius 1 is 1.08 bits per heavy atom. The van der Waals surface area contributed by atoms with Crippen molar-refractivity contribution in [2.45, 2.75) is 18.9 Å². The quantitative estimate of drug-likeness (QED) is 0.877. The average Bonchev–Trinajstić information content (AvgIpc) is 3.13. The molecule has 7 heteroatoms. The Balaban J connectivity index is 1.53. The predicted octanol–water partition coefficient (Wildman–Crippen LogP) is 4.11. The molecule has 1 fully saturated rings. The first kappa shape index (κ1) is 16.6. The van der Waals surface area contributed by atoms with Crippen LogP contribution in [0.3, 0.4) is 0 Å². The Bertz CT molecular complexity index is 844. The summed E-state index contributed by atoms with van der Waals surface area (Å²) in [6.07, 6.45) is 1.65. The summed E-state index contributed by atoms with van der Waals surface area (Å²) >= 11 is 0. The van der Waals surface area contributed by atoms with E-state index in [-0.39, 0.29) is 11.7 Å². The normalized spacial score (nSPS) is 18.7. The standard InChI is InChI=1S/C19H18F2N2O3/c20-13-4-5-15(14(21)11-13)22-19(24)23-7-1-2-16(23)12-3-6-17-18(10-12)26-9-8-25-17/h3-6,10-11,16H,1-2,7-9H2,(H,22,24)/t16-/m1/s1. The second-order valence-electron chi connectivity index (χ2n) is 6.31. The van der Waals surface area contributed by atoms with Gasteiger partial charge in [0.05, 0.1) is 11.7 Å². The molecule has 26 heavy (non-hydrogen) atoms. The average molecular weight is 360 g/mol. The van der Waals surface area contributed by atoms with Crippen molar-refractivity contribution < 1.29 is 23.0 Å². The van der Waals surface area contributed by atoms with Crippen LogP contribution in [0.25, 0.3) is 0 Å². The van der Waals surface area contributed by atoms with Gasteiger partial charge in [0.25, 0.3) is 0 Å². The Kier molecular flexibility index (Phi) is 4.36. The molecule has 0 spiro atoms. The van der Waals surface area contributed by atoms with Crippen molar-refractivity contribution in [2.24, 2.45) is 0 Å². The molecule has 2 heterocycles. The Morgan fingerprint density at radius 2 is 1.88 bits per heavy atom. The van der Waals surface area contributed by atoms with Crippen molar-refractivity contribution >= 4 is 11.7 Å². The van der Waals surface area contributed by atoms with Gasteiger partial charge in [-0.25, -0.2) is 13.6 Å². The number of ether oxygens (including phenoxy) is 2. The number of anilines is 1. The number of rotatable bonds is 2. The number of hydrogen-bond acceptors (Lipinski definition) is 3. The van der Waals surface area contributed by atoms with Gasteiger partial charge in [-0.05, 0) is 42.7 Å². The van der Waals surface area contributed by atoms with Gasteiger partial charge in [0.15, 0.2) is 11.5 Å². The third kappa shape index (κ3) is 3.16. The summed E-state index contributed by atoms with van der Waals surface area (Å²) in [4.78, 5) is 14.3. The fourth-order valence-corrected chi connectivity index (χ4v) is 3.40. The lowest BCUT2D eigenvalue weighted by Gasteiger charge is -2.27. The molecular formula is C19H18F2N2O3. The van der Waals surface area contributed by atoms with Crippen LogP contribution in [0.1, 0.15) is 24.4 Å². The number of urea groups is 1. The third-order valence-corrected chi connectivity index (χ3v) is 4.64. The van der Waals surface area contributed by atoms with Crippen LogP contribution in [0.5, 0.6) is 11.5 Å². The topological polar surface area (TPSA) is 50.8 Å². The summed E-state index contributed by atoms with van der Waals surface area (Å²) in [5, 5.41) is 2.53. The number of halogens is 2. The lowest BCUT2D eigenvalue weighted by molar-refractivity contribution is 0.170. The van der Waals surface area contributed by atoms with E-state index >= 15 is 0 Å². The van der Waals surface area contributed by atoms with Gasteiger partial charge in [-0.1, -0.05) is 6.07 Å². The maximum atomic E-state index is 13.8. The molecule has 5 nitrogen and oxygen atoms in total. The maximum Gasteiger partial charge on any atom is 0.322 e. The molecule has 1 saturated heterocycles. The molecule has 2 aromatic carbocycles. The van der Waals surface area contributed by atoms with E-state index in [0.717, 1.165) is 30.5 Å². The highest BCUT2D eigenvalue weighted by Crippen LogP contribution is 2.38. The minimum Gasteiger partial charge on any atom is -0.486 e. The molecule has 0 aliphatic carbocycles. The largest absolute Gasteiger partial charge is 0.486 e. The minimum atomic E-state index is -0.798. The molecule has 2 amide bonds. The second-order valence-corrected chi connectivity index (χ2v) is 6.31. The zero-order valence-electron chi connectivity index (χ0n) is 14.0. The second kappa shape index (κ2) is 6.82. The highest BCUT2D eigenvalue weighted by molar-refractivity contribution is 5.90. The van der Waals surface area contributed by atoms with E-state index in [2.05, 4.69) is 5.32 Å². The van der Waals surface area contributed by atoms with Gasteiger partial charge in [-0.15, -0.1) is 0 Å². The summed E-state index contributed by atoms with van der Waals surface area (Å²) < 4.78 is 38.0. The molecule has 0 bridgehead atoms. The molecule has 2 aromatic rings. The summed E-state index contributed by atoms with van der Waals surface area (Å²) in [6, 6.07) is 8.20. The first-order valence-electron chi connectivity index (χ1n) is 8.54. The van der Waals surface area contributed by atoms with Crippen LogP contribution < -0.4 is 14.8 Å². The maximum absolute atomic E-state index is 13.8. The number of nitrogens with one attached hydrogen (secondary N) is 1. The number of amides is 2. The summed E-state index contributed by atoms with van der Waals surface area (Å²) in [6.45, 7) is 1.58. The van der Waals surface area contributed by atoms with Crippen molar-refractivity contribution in [2.75, 3.05) is 25.1 Å². The molecule has 4 rings (SSSR count). The van der Waals surface area contributed by atoms with E-state index in [9.17, 15) is 13.6 Å². The van der Waals surface area contributed by atoms with Gasteiger partial charge in [-0.2, -0.15) is 0 Å².